The first kappa shape index (κ1) is 24.5. The first-order valence-corrected chi connectivity index (χ1v) is 12.5. The van der Waals surface area contributed by atoms with Gasteiger partial charge < -0.3 is 15.3 Å². The topological polar surface area (TPSA) is 85.8 Å². The van der Waals surface area contributed by atoms with Crippen LogP contribution in [0.3, 0.4) is 0 Å². The minimum Gasteiger partial charge on any atom is -0.480 e. The van der Waals surface area contributed by atoms with Crippen LogP contribution in [0.5, 0.6) is 0 Å². The van der Waals surface area contributed by atoms with Crippen LogP contribution >= 0.6 is 11.6 Å². The summed E-state index contributed by atoms with van der Waals surface area (Å²) in [5, 5.41) is 13.7. The van der Waals surface area contributed by atoms with Crippen LogP contribution in [-0.4, -0.2) is 64.5 Å². The number of amides is 1. The number of pyridine rings is 1. The molecule has 2 aromatic rings. The van der Waals surface area contributed by atoms with E-state index in [0.717, 1.165) is 56.6 Å². The maximum Gasteiger partial charge on any atom is 0.325 e. The smallest absolute Gasteiger partial charge is 0.325 e. The maximum atomic E-state index is 13.0. The zero-order chi connectivity index (χ0) is 24.1. The number of hydrogen-bond donors (Lipinski definition) is 2. The maximum absolute atomic E-state index is 13.0. The number of aryl methyl sites for hydroxylation is 2. The van der Waals surface area contributed by atoms with E-state index in [-0.39, 0.29) is 5.91 Å². The fourth-order valence-electron chi connectivity index (χ4n) is 5.02. The number of halogens is 1. The molecular formula is C26H33ClN4O3. The highest BCUT2D eigenvalue weighted by molar-refractivity contribution is 6.30. The van der Waals surface area contributed by atoms with Crippen molar-refractivity contribution in [1.29, 1.82) is 0 Å². The van der Waals surface area contributed by atoms with E-state index in [1.165, 1.54) is 5.56 Å². The van der Waals surface area contributed by atoms with Gasteiger partial charge in [-0.3, -0.25) is 14.5 Å². The molecule has 2 atom stereocenters. The highest BCUT2D eigenvalue weighted by Crippen LogP contribution is 2.28. The number of nitrogens with one attached hydrogen (secondary N) is 1. The molecule has 8 heteroatoms. The molecule has 1 fully saturated rings. The zero-order valence-electron chi connectivity index (χ0n) is 19.7. The second kappa shape index (κ2) is 11.2. The molecule has 182 valence electrons. The predicted octanol–water partition coefficient (Wildman–Crippen LogP) is 4.16. The third-order valence-corrected chi connectivity index (χ3v) is 7.11. The molecule has 3 heterocycles. The van der Waals surface area contributed by atoms with Crippen molar-refractivity contribution in [1.82, 2.24) is 14.8 Å². The molecule has 4 rings (SSSR count). The summed E-state index contributed by atoms with van der Waals surface area (Å²) >= 11 is 6.07. The normalized spacial score (nSPS) is 18.6. The average molecular weight is 485 g/mol. The molecule has 1 aromatic heterocycles. The summed E-state index contributed by atoms with van der Waals surface area (Å²) in [6.07, 6.45) is 6.82. The number of anilines is 1. The lowest BCUT2D eigenvalue weighted by Crippen LogP contribution is -2.44. The first-order chi connectivity index (χ1) is 16.4. The summed E-state index contributed by atoms with van der Waals surface area (Å²) in [5.74, 6) is 0.0687. The van der Waals surface area contributed by atoms with E-state index >= 15 is 0 Å². The monoisotopic (exact) mass is 484 g/mol. The molecule has 0 spiro atoms. The largest absolute Gasteiger partial charge is 0.480 e. The Morgan fingerprint density at radius 3 is 2.94 bits per heavy atom. The Bertz CT molecular complexity index is 1030. The van der Waals surface area contributed by atoms with Crippen LogP contribution < -0.4 is 5.32 Å². The highest BCUT2D eigenvalue weighted by Gasteiger charge is 2.39. The van der Waals surface area contributed by atoms with Gasteiger partial charge in [0.15, 0.2) is 0 Å². The molecule has 0 bridgehead atoms. The number of unbranched alkanes of at least 4 members (excludes halogenated alkanes) is 2. The number of rotatable bonds is 10. The quantitative estimate of drug-likeness (QED) is 0.492. The molecular weight excluding hydrogens is 452 g/mol. The van der Waals surface area contributed by atoms with E-state index in [4.69, 9.17) is 16.6 Å². The van der Waals surface area contributed by atoms with E-state index < -0.39 is 18.1 Å². The molecule has 2 N–H and O–H groups in total. The van der Waals surface area contributed by atoms with Crippen LogP contribution in [-0.2, 0) is 22.4 Å². The lowest BCUT2D eigenvalue weighted by molar-refractivity contribution is -0.145. The number of benzene rings is 1. The van der Waals surface area contributed by atoms with Crippen molar-refractivity contribution in [2.24, 2.45) is 0 Å². The van der Waals surface area contributed by atoms with Gasteiger partial charge in [-0.25, -0.2) is 4.98 Å². The van der Waals surface area contributed by atoms with E-state index in [9.17, 15) is 14.7 Å². The number of likely N-dealkylation sites (N-methyl/N-ethyl adjacent to an activating group) is 1. The number of carbonyl (C=O) groups is 2. The number of carboxylic acids is 1. The van der Waals surface area contributed by atoms with Crippen LogP contribution in [0.15, 0.2) is 36.4 Å². The van der Waals surface area contributed by atoms with Gasteiger partial charge in [0.2, 0.25) is 5.91 Å². The van der Waals surface area contributed by atoms with E-state index in [1.807, 2.05) is 4.90 Å². The number of aliphatic carboxylic acids is 1. The predicted molar refractivity (Wildman–Crippen MR) is 133 cm³/mol. The van der Waals surface area contributed by atoms with E-state index in [1.54, 1.807) is 36.2 Å². The molecule has 0 radical (unpaired) electrons. The Morgan fingerprint density at radius 1 is 1.29 bits per heavy atom. The highest BCUT2D eigenvalue weighted by atomic mass is 35.5. The van der Waals surface area contributed by atoms with Crippen LogP contribution in [0.4, 0.5) is 5.82 Å². The molecule has 1 amide bonds. The van der Waals surface area contributed by atoms with Crippen molar-refractivity contribution in [3.63, 3.8) is 0 Å². The third kappa shape index (κ3) is 5.70. The van der Waals surface area contributed by atoms with Gasteiger partial charge in [0, 0.05) is 30.4 Å². The van der Waals surface area contributed by atoms with Crippen molar-refractivity contribution in [3.05, 3.63) is 58.2 Å². The van der Waals surface area contributed by atoms with Gasteiger partial charge in [-0.2, -0.15) is 0 Å². The van der Waals surface area contributed by atoms with Gasteiger partial charge >= 0.3 is 5.97 Å². The Labute approximate surface area is 206 Å². The number of carboxylic acid groups (broad SMARTS) is 1. The van der Waals surface area contributed by atoms with Gasteiger partial charge in [0.25, 0.3) is 0 Å². The van der Waals surface area contributed by atoms with Crippen LogP contribution in [0.25, 0.3) is 0 Å². The van der Waals surface area contributed by atoms with Crippen molar-refractivity contribution in [2.45, 2.75) is 57.0 Å². The van der Waals surface area contributed by atoms with Crippen molar-refractivity contribution in [2.75, 3.05) is 32.0 Å². The number of fused-ring (bicyclic) bond motifs is 1. The summed E-state index contributed by atoms with van der Waals surface area (Å²) < 4.78 is 0. The van der Waals surface area contributed by atoms with E-state index in [0.29, 0.717) is 30.1 Å². The fourth-order valence-corrected chi connectivity index (χ4v) is 5.22. The van der Waals surface area contributed by atoms with Crippen LogP contribution in [0.2, 0.25) is 5.02 Å². The zero-order valence-corrected chi connectivity index (χ0v) is 20.4. The number of nitrogens with zero attached hydrogens (tertiary/aromatic N) is 3. The van der Waals surface area contributed by atoms with Crippen molar-refractivity contribution >= 4 is 29.3 Å². The summed E-state index contributed by atoms with van der Waals surface area (Å²) in [6.45, 7) is 2.36. The third-order valence-electron chi connectivity index (χ3n) is 6.88. The Hall–Kier alpha value is -2.64. The summed E-state index contributed by atoms with van der Waals surface area (Å²) in [7, 11) is 1.71. The van der Waals surface area contributed by atoms with Gasteiger partial charge in [-0.1, -0.05) is 36.2 Å². The molecule has 2 aliphatic rings. The Kier molecular flexibility index (Phi) is 8.06. The SMILES string of the molecule is CN(C(C(=O)O)c1cccc(Cl)c1)[C@H]1CCN(CCCCCc2ccc3c(n2)NCCC3)C1=O. The Morgan fingerprint density at radius 2 is 2.15 bits per heavy atom. The standard InChI is InChI=1S/C26H33ClN4O3/c1-30(23(26(33)34)19-7-5-9-20(27)17-19)22-13-16-31(25(22)32)15-4-2-3-10-21-12-11-18-8-6-14-28-24(18)29-21/h5,7,9,11-12,17,22-23H,2-4,6,8,10,13-16H2,1H3,(H,28,29)(H,33,34)/t22-,23?/m0/s1. The molecule has 0 aliphatic carbocycles. The minimum atomic E-state index is -0.984. The molecule has 1 saturated heterocycles. The average Bonchev–Trinajstić information content (AvgIpc) is 3.19. The van der Waals surface area contributed by atoms with Crippen molar-refractivity contribution in [3.8, 4) is 0 Å². The van der Waals surface area contributed by atoms with Gasteiger partial charge in [-0.05, 0) is 74.9 Å². The fraction of sp³-hybridized carbons (Fsp3) is 0.500. The number of hydrogen-bond acceptors (Lipinski definition) is 5. The lowest BCUT2D eigenvalue weighted by atomic mass is 10.0. The Balaban J connectivity index is 1.25. The molecule has 1 unspecified atom stereocenters. The molecule has 7 nitrogen and oxygen atoms in total. The number of carbonyl (C=O) groups excluding carboxylic acids is 1. The number of likely N-dealkylation sites (tertiary alicyclic amines) is 1. The summed E-state index contributed by atoms with van der Waals surface area (Å²) in [4.78, 5) is 33.4. The summed E-state index contributed by atoms with van der Waals surface area (Å²) in [5.41, 5.74) is 3.01. The second-order valence-electron chi connectivity index (χ2n) is 9.24. The lowest BCUT2D eigenvalue weighted by Gasteiger charge is -2.29. The number of aromatic nitrogens is 1. The van der Waals surface area contributed by atoms with Gasteiger partial charge in [0.05, 0.1) is 6.04 Å². The van der Waals surface area contributed by atoms with E-state index in [2.05, 4.69) is 17.4 Å². The molecule has 34 heavy (non-hydrogen) atoms. The van der Waals surface area contributed by atoms with Crippen molar-refractivity contribution < 1.29 is 14.7 Å². The van der Waals surface area contributed by atoms with Crippen LogP contribution in [0, 0.1) is 0 Å². The molecule has 1 aromatic carbocycles. The first-order valence-electron chi connectivity index (χ1n) is 12.2. The summed E-state index contributed by atoms with van der Waals surface area (Å²) in [6, 6.07) is 9.82. The van der Waals surface area contributed by atoms with Gasteiger partial charge in [-0.15, -0.1) is 0 Å². The van der Waals surface area contributed by atoms with Crippen LogP contribution in [0.1, 0.15) is 55.0 Å². The molecule has 2 aliphatic heterocycles. The van der Waals surface area contributed by atoms with Gasteiger partial charge in [0.1, 0.15) is 11.9 Å². The second-order valence-corrected chi connectivity index (χ2v) is 9.68. The molecule has 0 saturated carbocycles. The minimum absolute atomic E-state index is 0.0122.